The van der Waals surface area contributed by atoms with Crippen LogP contribution in [0.15, 0.2) is 12.5 Å². The third-order valence-corrected chi connectivity index (χ3v) is 4.57. The molecule has 13 heteroatoms. The van der Waals surface area contributed by atoms with Gasteiger partial charge in [-0.1, -0.05) is 13.8 Å². The molecule has 0 radical (unpaired) electrons. The monoisotopic (exact) mass is 456 g/mol. The van der Waals surface area contributed by atoms with Gasteiger partial charge in [-0.15, -0.1) is 0 Å². The van der Waals surface area contributed by atoms with Gasteiger partial charge in [0.2, 0.25) is 17.7 Å². The fourth-order valence-corrected chi connectivity index (χ4v) is 2.75. The first-order valence-electron chi connectivity index (χ1n) is 10.1. The second-order valence-electron chi connectivity index (χ2n) is 7.88. The highest BCUT2D eigenvalue weighted by Gasteiger charge is 2.31. The summed E-state index contributed by atoms with van der Waals surface area (Å²) in [4.78, 5) is 55.6. The van der Waals surface area contributed by atoms with E-state index in [4.69, 9.17) is 10.8 Å². The molecule has 5 unspecified atom stereocenters. The lowest BCUT2D eigenvalue weighted by Crippen LogP contribution is -2.59. The number of imidazole rings is 1. The van der Waals surface area contributed by atoms with E-state index >= 15 is 0 Å². The lowest BCUT2D eigenvalue weighted by molar-refractivity contribution is -0.143. The Morgan fingerprint density at radius 1 is 1.03 bits per heavy atom. The van der Waals surface area contributed by atoms with E-state index in [0.717, 1.165) is 0 Å². The SMILES string of the molecule is CC(C)CC(NC(=O)C(N)C(C)O)C(=O)NC(Cc1cnc[nH]1)C(=O)NC(CO)C(=O)O. The molecule has 0 spiro atoms. The van der Waals surface area contributed by atoms with Crippen LogP contribution in [0.4, 0.5) is 0 Å². The van der Waals surface area contributed by atoms with Crippen molar-refractivity contribution in [1.29, 1.82) is 0 Å². The molecule has 0 aliphatic rings. The number of aliphatic carboxylic acids is 1. The van der Waals surface area contributed by atoms with Crippen LogP contribution in [0.3, 0.4) is 0 Å². The average molecular weight is 457 g/mol. The predicted octanol–water partition coefficient (Wildman–Crippen LogP) is -2.76. The maximum absolute atomic E-state index is 12.9. The fourth-order valence-electron chi connectivity index (χ4n) is 2.75. The summed E-state index contributed by atoms with van der Waals surface area (Å²) in [7, 11) is 0. The molecule has 0 saturated carbocycles. The molecular weight excluding hydrogens is 424 g/mol. The highest BCUT2D eigenvalue weighted by Crippen LogP contribution is 2.08. The Balaban J connectivity index is 3.03. The average Bonchev–Trinajstić information content (AvgIpc) is 3.22. The van der Waals surface area contributed by atoms with Gasteiger partial charge in [0.15, 0.2) is 0 Å². The largest absolute Gasteiger partial charge is 0.480 e. The molecule has 0 fully saturated rings. The number of H-pyrrole nitrogens is 1. The Morgan fingerprint density at radius 3 is 2.06 bits per heavy atom. The second-order valence-corrected chi connectivity index (χ2v) is 7.88. The maximum Gasteiger partial charge on any atom is 0.328 e. The van der Waals surface area contributed by atoms with E-state index in [1.54, 1.807) is 0 Å². The van der Waals surface area contributed by atoms with Crippen molar-refractivity contribution in [3.8, 4) is 0 Å². The minimum absolute atomic E-state index is 0.0144. The number of hydrogen-bond donors (Lipinski definition) is 8. The van der Waals surface area contributed by atoms with Crippen molar-refractivity contribution in [2.75, 3.05) is 6.61 Å². The Labute approximate surface area is 185 Å². The molecule has 9 N–H and O–H groups in total. The lowest BCUT2D eigenvalue weighted by Gasteiger charge is -2.26. The minimum atomic E-state index is -1.56. The van der Waals surface area contributed by atoms with Gasteiger partial charge in [-0.3, -0.25) is 14.4 Å². The van der Waals surface area contributed by atoms with E-state index in [0.29, 0.717) is 5.69 Å². The molecule has 0 aliphatic carbocycles. The minimum Gasteiger partial charge on any atom is -0.480 e. The molecule has 1 rings (SSSR count). The Kier molecular flexibility index (Phi) is 10.7. The quantitative estimate of drug-likeness (QED) is 0.154. The van der Waals surface area contributed by atoms with Crippen molar-refractivity contribution in [2.45, 2.75) is 63.9 Å². The molecule has 32 heavy (non-hydrogen) atoms. The first-order valence-corrected chi connectivity index (χ1v) is 10.1. The molecule has 13 nitrogen and oxygen atoms in total. The van der Waals surface area contributed by atoms with Crippen molar-refractivity contribution < 1.29 is 34.5 Å². The van der Waals surface area contributed by atoms with Crippen molar-refractivity contribution in [1.82, 2.24) is 25.9 Å². The molecule has 1 aromatic rings. The van der Waals surface area contributed by atoms with Gasteiger partial charge in [0.05, 0.1) is 19.0 Å². The normalized spacial score (nSPS) is 15.8. The van der Waals surface area contributed by atoms with Crippen LogP contribution in [-0.4, -0.2) is 85.9 Å². The lowest BCUT2D eigenvalue weighted by atomic mass is 10.0. The van der Waals surface area contributed by atoms with Crippen LogP contribution in [-0.2, 0) is 25.6 Å². The zero-order valence-corrected chi connectivity index (χ0v) is 18.2. The standard InChI is InChI=1S/C19H32N6O7/c1-9(2)4-12(24-18(30)15(20)10(3)27)16(28)23-13(5-11-6-21-8-22-11)17(29)25-14(7-26)19(31)32/h6,8-10,12-15,26-27H,4-5,7,20H2,1-3H3,(H,21,22)(H,23,28)(H,24,30)(H,25,29)(H,31,32). The van der Waals surface area contributed by atoms with Gasteiger partial charge < -0.3 is 42.0 Å². The van der Waals surface area contributed by atoms with E-state index in [2.05, 4.69) is 25.9 Å². The second kappa shape index (κ2) is 12.7. The van der Waals surface area contributed by atoms with Gasteiger partial charge in [-0.2, -0.15) is 0 Å². The number of amides is 3. The summed E-state index contributed by atoms with van der Waals surface area (Å²) >= 11 is 0. The number of carbonyl (C=O) groups is 4. The molecule has 0 saturated heterocycles. The smallest absolute Gasteiger partial charge is 0.328 e. The summed E-state index contributed by atoms with van der Waals surface area (Å²) in [5, 5.41) is 34.9. The van der Waals surface area contributed by atoms with Crippen molar-refractivity contribution in [3.63, 3.8) is 0 Å². The van der Waals surface area contributed by atoms with Crippen molar-refractivity contribution in [2.24, 2.45) is 11.7 Å². The number of carboxylic acid groups (broad SMARTS) is 1. The van der Waals surface area contributed by atoms with Crippen LogP contribution < -0.4 is 21.7 Å². The number of carbonyl (C=O) groups excluding carboxylic acids is 3. The van der Waals surface area contributed by atoms with E-state index < -0.39 is 60.6 Å². The summed E-state index contributed by atoms with van der Waals surface area (Å²) in [6.45, 7) is 4.16. The first kappa shape index (κ1) is 27.0. The number of nitrogens with two attached hydrogens (primary N) is 1. The number of aliphatic hydroxyl groups excluding tert-OH is 2. The van der Waals surface area contributed by atoms with Gasteiger partial charge in [0.25, 0.3) is 0 Å². The molecule has 0 aliphatic heterocycles. The Hall–Kier alpha value is -3.03. The van der Waals surface area contributed by atoms with Crippen LogP contribution in [0.25, 0.3) is 0 Å². The van der Waals surface area contributed by atoms with E-state index in [1.807, 2.05) is 13.8 Å². The van der Waals surface area contributed by atoms with Crippen LogP contribution in [0.1, 0.15) is 32.9 Å². The molecule has 180 valence electrons. The number of aliphatic hydroxyl groups is 2. The molecule has 1 heterocycles. The molecule has 1 aromatic heterocycles. The number of aromatic amines is 1. The third-order valence-electron chi connectivity index (χ3n) is 4.57. The van der Waals surface area contributed by atoms with Crippen LogP contribution in [0.2, 0.25) is 0 Å². The van der Waals surface area contributed by atoms with Gasteiger partial charge in [0, 0.05) is 18.3 Å². The molecule has 0 aromatic carbocycles. The van der Waals surface area contributed by atoms with E-state index in [1.165, 1.54) is 19.4 Å². The van der Waals surface area contributed by atoms with Crippen LogP contribution in [0, 0.1) is 5.92 Å². The summed E-state index contributed by atoms with van der Waals surface area (Å²) in [6.07, 6.45) is 1.84. The summed E-state index contributed by atoms with van der Waals surface area (Å²) in [5.74, 6) is -3.73. The van der Waals surface area contributed by atoms with Gasteiger partial charge >= 0.3 is 5.97 Å². The summed E-state index contributed by atoms with van der Waals surface area (Å²) < 4.78 is 0. The highest BCUT2D eigenvalue weighted by atomic mass is 16.4. The topological polar surface area (TPSA) is 220 Å². The van der Waals surface area contributed by atoms with Gasteiger partial charge in [-0.05, 0) is 19.3 Å². The van der Waals surface area contributed by atoms with Crippen LogP contribution in [0.5, 0.6) is 0 Å². The number of rotatable bonds is 13. The zero-order chi connectivity index (χ0) is 24.4. The predicted molar refractivity (Wildman–Crippen MR) is 112 cm³/mol. The van der Waals surface area contributed by atoms with Crippen LogP contribution >= 0.6 is 0 Å². The summed E-state index contributed by atoms with van der Waals surface area (Å²) in [6, 6.07) is -5.09. The molecule has 5 atom stereocenters. The Bertz CT molecular complexity index is 768. The van der Waals surface area contributed by atoms with E-state index in [-0.39, 0.29) is 18.8 Å². The van der Waals surface area contributed by atoms with Crippen molar-refractivity contribution in [3.05, 3.63) is 18.2 Å². The number of hydrogen-bond acceptors (Lipinski definition) is 8. The highest BCUT2D eigenvalue weighted by molar-refractivity contribution is 5.94. The van der Waals surface area contributed by atoms with E-state index in [9.17, 15) is 29.4 Å². The van der Waals surface area contributed by atoms with Gasteiger partial charge in [-0.25, -0.2) is 9.78 Å². The number of nitrogens with one attached hydrogen (secondary N) is 4. The van der Waals surface area contributed by atoms with Gasteiger partial charge in [0.1, 0.15) is 24.2 Å². The zero-order valence-electron chi connectivity index (χ0n) is 18.2. The number of carboxylic acids is 1. The van der Waals surface area contributed by atoms with Crippen molar-refractivity contribution >= 4 is 23.7 Å². The maximum atomic E-state index is 12.9. The molecule has 0 bridgehead atoms. The first-order chi connectivity index (χ1) is 15.0. The fraction of sp³-hybridized carbons (Fsp3) is 0.632. The number of aromatic nitrogens is 2. The Morgan fingerprint density at radius 2 is 1.59 bits per heavy atom. The summed E-state index contributed by atoms with van der Waals surface area (Å²) in [5.41, 5.74) is 6.12. The molecular formula is C19H32N6O7. The molecule has 3 amide bonds. The third kappa shape index (κ3) is 8.61. The number of nitrogens with zero attached hydrogens (tertiary/aromatic N) is 1.